The Morgan fingerprint density at radius 1 is 1.14 bits per heavy atom. The molecule has 5 nitrogen and oxygen atoms in total. The van der Waals surface area contributed by atoms with Crippen LogP contribution in [0.15, 0.2) is 41.3 Å². The summed E-state index contributed by atoms with van der Waals surface area (Å²) in [4.78, 5) is 0.0981. The first-order valence-electron chi connectivity index (χ1n) is 6.44. The van der Waals surface area contributed by atoms with Crippen molar-refractivity contribution in [1.82, 2.24) is 0 Å². The average molecular weight is 306 g/mol. The second-order valence-electron chi connectivity index (χ2n) is 4.91. The lowest BCUT2D eigenvalue weighted by Gasteiger charge is -2.13. The summed E-state index contributed by atoms with van der Waals surface area (Å²) in [5.41, 5.74) is 2.77. The quantitative estimate of drug-likeness (QED) is 0.808. The van der Waals surface area contributed by atoms with Crippen molar-refractivity contribution in [3.8, 4) is 5.75 Å². The fraction of sp³-hybridized carbons (Fsp3) is 0.200. The van der Waals surface area contributed by atoms with Gasteiger partial charge in [0.2, 0.25) is 10.0 Å². The second kappa shape index (κ2) is 5.75. The third kappa shape index (κ3) is 3.34. The first-order valence-corrected chi connectivity index (χ1v) is 7.99. The number of hydrogen-bond donors (Lipinski definition) is 3. The largest absolute Gasteiger partial charge is 0.507 e. The molecule has 0 heterocycles. The molecule has 6 heteroatoms. The number of phenols is 1. The summed E-state index contributed by atoms with van der Waals surface area (Å²) in [6.45, 7) is 3.91. The van der Waals surface area contributed by atoms with E-state index in [9.17, 15) is 13.5 Å². The van der Waals surface area contributed by atoms with Crippen LogP contribution in [0.2, 0.25) is 0 Å². The van der Waals surface area contributed by atoms with Crippen molar-refractivity contribution in [3.05, 3.63) is 53.1 Å². The van der Waals surface area contributed by atoms with Crippen LogP contribution in [0.5, 0.6) is 5.75 Å². The van der Waals surface area contributed by atoms with E-state index in [0.29, 0.717) is 17.8 Å². The van der Waals surface area contributed by atoms with Crippen LogP contribution in [-0.4, -0.2) is 13.5 Å². The smallest absolute Gasteiger partial charge is 0.238 e. The molecule has 0 aliphatic rings. The van der Waals surface area contributed by atoms with E-state index in [1.165, 1.54) is 6.07 Å². The standard InChI is InChI=1S/C15H18N2O3S/c1-10-5-3-6-12(15(10)18)9-17-13-7-4-8-14(11(13)2)21(16,19)20/h3-8,17-18H,9H2,1-2H3,(H2,16,19,20). The number of aromatic hydroxyl groups is 1. The lowest BCUT2D eigenvalue weighted by atomic mass is 10.1. The fourth-order valence-corrected chi connectivity index (χ4v) is 2.97. The van der Waals surface area contributed by atoms with Gasteiger partial charge < -0.3 is 10.4 Å². The van der Waals surface area contributed by atoms with Gasteiger partial charge in [0.15, 0.2) is 0 Å². The van der Waals surface area contributed by atoms with Crippen LogP contribution in [0.3, 0.4) is 0 Å². The zero-order valence-electron chi connectivity index (χ0n) is 11.9. The molecule has 2 aromatic carbocycles. The Labute approximate surface area is 124 Å². The van der Waals surface area contributed by atoms with Gasteiger partial charge in [-0.2, -0.15) is 0 Å². The Balaban J connectivity index is 2.27. The molecule has 112 valence electrons. The van der Waals surface area contributed by atoms with E-state index < -0.39 is 10.0 Å². The summed E-state index contributed by atoms with van der Waals surface area (Å²) in [6, 6.07) is 10.4. The first kappa shape index (κ1) is 15.3. The predicted octanol–water partition coefficient (Wildman–Crippen LogP) is 2.27. The van der Waals surface area contributed by atoms with Gasteiger partial charge in [-0.3, -0.25) is 0 Å². The van der Waals surface area contributed by atoms with Gasteiger partial charge in [-0.1, -0.05) is 24.3 Å². The Morgan fingerprint density at radius 3 is 2.48 bits per heavy atom. The van der Waals surface area contributed by atoms with Crippen LogP contribution >= 0.6 is 0 Å². The molecule has 2 aromatic rings. The summed E-state index contributed by atoms with van der Waals surface area (Å²) < 4.78 is 23.0. The van der Waals surface area contributed by atoms with Crippen LogP contribution < -0.4 is 10.5 Å². The Kier molecular flexibility index (Phi) is 4.20. The van der Waals surface area contributed by atoms with Crippen molar-refractivity contribution in [1.29, 1.82) is 0 Å². The van der Waals surface area contributed by atoms with Crippen LogP contribution in [0.4, 0.5) is 5.69 Å². The predicted molar refractivity (Wildman–Crippen MR) is 82.7 cm³/mol. The van der Waals surface area contributed by atoms with Gasteiger partial charge in [-0.25, -0.2) is 13.6 Å². The van der Waals surface area contributed by atoms with Crippen molar-refractivity contribution in [3.63, 3.8) is 0 Å². The molecule has 2 rings (SSSR count). The minimum Gasteiger partial charge on any atom is -0.507 e. The second-order valence-corrected chi connectivity index (χ2v) is 6.44. The molecule has 0 bridgehead atoms. The van der Waals surface area contributed by atoms with Gasteiger partial charge in [-0.05, 0) is 37.1 Å². The van der Waals surface area contributed by atoms with Gasteiger partial charge in [0.25, 0.3) is 0 Å². The number of benzene rings is 2. The van der Waals surface area contributed by atoms with E-state index in [2.05, 4.69) is 5.32 Å². The fourth-order valence-electron chi connectivity index (χ4n) is 2.17. The summed E-state index contributed by atoms with van der Waals surface area (Å²) in [5, 5.41) is 18.3. The van der Waals surface area contributed by atoms with Crippen molar-refractivity contribution < 1.29 is 13.5 Å². The van der Waals surface area contributed by atoms with E-state index in [-0.39, 0.29) is 10.6 Å². The maximum atomic E-state index is 11.5. The molecule has 0 saturated carbocycles. The lowest BCUT2D eigenvalue weighted by Crippen LogP contribution is -2.14. The van der Waals surface area contributed by atoms with Crippen LogP contribution in [0, 0.1) is 13.8 Å². The number of primary sulfonamides is 1. The molecule has 0 atom stereocenters. The third-order valence-corrected chi connectivity index (χ3v) is 4.44. The molecule has 0 aliphatic carbocycles. The van der Waals surface area contributed by atoms with Gasteiger partial charge in [0.05, 0.1) is 4.90 Å². The molecule has 0 unspecified atom stereocenters. The molecule has 0 aromatic heterocycles. The maximum absolute atomic E-state index is 11.5. The summed E-state index contributed by atoms with van der Waals surface area (Å²) in [6.07, 6.45) is 0. The van der Waals surface area contributed by atoms with E-state index >= 15 is 0 Å². The van der Waals surface area contributed by atoms with Gasteiger partial charge in [0, 0.05) is 17.8 Å². The number of anilines is 1. The van der Waals surface area contributed by atoms with Crippen molar-refractivity contribution in [2.75, 3.05) is 5.32 Å². The molecule has 0 spiro atoms. The summed E-state index contributed by atoms with van der Waals surface area (Å²) in [5.74, 6) is 0.241. The number of para-hydroxylation sites is 1. The number of aryl methyl sites for hydroxylation is 1. The minimum absolute atomic E-state index is 0.0981. The van der Waals surface area contributed by atoms with E-state index in [1.54, 1.807) is 19.1 Å². The van der Waals surface area contributed by atoms with Crippen molar-refractivity contribution >= 4 is 15.7 Å². The monoisotopic (exact) mass is 306 g/mol. The zero-order valence-corrected chi connectivity index (χ0v) is 12.7. The topological polar surface area (TPSA) is 92.4 Å². The average Bonchev–Trinajstić information content (AvgIpc) is 2.40. The maximum Gasteiger partial charge on any atom is 0.238 e. The highest BCUT2D eigenvalue weighted by molar-refractivity contribution is 7.89. The molecule has 21 heavy (non-hydrogen) atoms. The number of hydrogen-bond acceptors (Lipinski definition) is 4. The van der Waals surface area contributed by atoms with Crippen LogP contribution in [0.25, 0.3) is 0 Å². The number of sulfonamides is 1. The molecule has 0 saturated heterocycles. The number of nitrogens with one attached hydrogen (secondary N) is 1. The molecular formula is C15H18N2O3S. The highest BCUT2D eigenvalue weighted by Gasteiger charge is 2.13. The van der Waals surface area contributed by atoms with Crippen LogP contribution in [0.1, 0.15) is 16.7 Å². The van der Waals surface area contributed by atoms with E-state index in [0.717, 1.165) is 11.1 Å². The molecule has 0 radical (unpaired) electrons. The SMILES string of the molecule is Cc1cccc(CNc2cccc(S(N)(=O)=O)c2C)c1O. The van der Waals surface area contributed by atoms with Gasteiger partial charge in [-0.15, -0.1) is 0 Å². The molecule has 0 amide bonds. The number of rotatable bonds is 4. The first-order chi connectivity index (χ1) is 9.80. The number of nitrogens with two attached hydrogens (primary N) is 1. The zero-order chi connectivity index (χ0) is 15.6. The minimum atomic E-state index is -3.74. The molecular weight excluding hydrogens is 288 g/mol. The Hall–Kier alpha value is -2.05. The molecule has 0 aliphatic heterocycles. The third-order valence-electron chi connectivity index (χ3n) is 3.38. The van der Waals surface area contributed by atoms with Gasteiger partial charge >= 0.3 is 0 Å². The van der Waals surface area contributed by atoms with E-state index in [4.69, 9.17) is 5.14 Å². The van der Waals surface area contributed by atoms with Gasteiger partial charge in [0.1, 0.15) is 5.75 Å². The highest BCUT2D eigenvalue weighted by Crippen LogP contribution is 2.25. The Bertz CT molecular complexity index is 770. The molecule has 0 fully saturated rings. The number of phenolic OH excluding ortho intramolecular Hbond substituents is 1. The summed E-state index contributed by atoms with van der Waals surface area (Å²) >= 11 is 0. The lowest BCUT2D eigenvalue weighted by molar-refractivity contribution is 0.465. The molecule has 4 N–H and O–H groups in total. The summed E-state index contributed by atoms with van der Waals surface area (Å²) in [7, 11) is -3.74. The van der Waals surface area contributed by atoms with Crippen LogP contribution in [-0.2, 0) is 16.6 Å². The van der Waals surface area contributed by atoms with Crippen molar-refractivity contribution in [2.24, 2.45) is 5.14 Å². The van der Waals surface area contributed by atoms with E-state index in [1.807, 2.05) is 25.1 Å². The van der Waals surface area contributed by atoms with Crippen molar-refractivity contribution in [2.45, 2.75) is 25.3 Å². The normalized spacial score (nSPS) is 11.4. The Morgan fingerprint density at radius 2 is 1.81 bits per heavy atom. The highest BCUT2D eigenvalue weighted by atomic mass is 32.2.